The average Bonchev–Trinajstić information content (AvgIpc) is 2.35. The minimum atomic E-state index is 0. The lowest BCUT2D eigenvalue weighted by molar-refractivity contribution is 0.0680. The molecule has 0 bridgehead atoms. The zero-order chi connectivity index (χ0) is 12.5. The van der Waals surface area contributed by atoms with Gasteiger partial charge in [-0.3, -0.25) is 4.79 Å². The number of nitrogens with one attached hydrogen (secondary N) is 1. The predicted molar refractivity (Wildman–Crippen MR) is 73.4 cm³/mol. The average molecular weight is 285 g/mol. The van der Waals surface area contributed by atoms with Crippen LogP contribution in [0.4, 0.5) is 0 Å². The summed E-state index contributed by atoms with van der Waals surface area (Å²) >= 11 is 0. The fourth-order valence-corrected chi connectivity index (χ4v) is 2.09. The smallest absolute Gasteiger partial charge is 0.254 e. The van der Waals surface area contributed by atoms with E-state index in [1.807, 2.05) is 7.05 Å². The van der Waals surface area contributed by atoms with E-state index in [1.54, 1.807) is 23.1 Å². The first-order valence-electron chi connectivity index (χ1n) is 6.13. The summed E-state index contributed by atoms with van der Waals surface area (Å²) in [5.74, 6) is 1.40. The number of rotatable bonds is 2. The van der Waals surface area contributed by atoms with Crippen LogP contribution >= 0.6 is 12.4 Å². The Morgan fingerprint density at radius 1 is 1.26 bits per heavy atom. The number of likely N-dealkylation sites (N-methyl/N-ethyl adjacent to an activating group) is 1. The third-order valence-electron chi connectivity index (χ3n) is 3.42. The van der Waals surface area contributed by atoms with Crippen molar-refractivity contribution in [3.63, 3.8) is 0 Å². The molecule has 3 rings (SSSR count). The maximum atomic E-state index is 12.3. The van der Waals surface area contributed by atoms with Gasteiger partial charge in [-0.25, -0.2) is 0 Å². The highest BCUT2D eigenvalue weighted by Gasteiger charge is 2.26. The van der Waals surface area contributed by atoms with E-state index in [1.165, 1.54) is 0 Å². The van der Waals surface area contributed by atoms with E-state index in [2.05, 4.69) is 5.32 Å². The summed E-state index contributed by atoms with van der Waals surface area (Å²) in [5, 5.41) is 3.16. The van der Waals surface area contributed by atoms with Crippen molar-refractivity contribution in [2.75, 3.05) is 33.4 Å². The van der Waals surface area contributed by atoms with E-state index in [4.69, 9.17) is 9.47 Å². The van der Waals surface area contributed by atoms with E-state index >= 15 is 0 Å². The number of halogens is 1. The van der Waals surface area contributed by atoms with Gasteiger partial charge >= 0.3 is 0 Å². The Hall–Kier alpha value is -1.46. The predicted octanol–water partition coefficient (Wildman–Crippen LogP) is 0.923. The Morgan fingerprint density at radius 3 is 2.58 bits per heavy atom. The third kappa shape index (κ3) is 2.62. The van der Waals surface area contributed by atoms with Crippen LogP contribution in [0.15, 0.2) is 18.2 Å². The lowest BCUT2D eigenvalue weighted by Gasteiger charge is -2.35. The molecule has 2 aliphatic heterocycles. The normalized spacial score (nSPS) is 17.1. The van der Waals surface area contributed by atoms with Crippen LogP contribution < -0.4 is 14.8 Å². The molecule has 0 atom stereocenters. The monoisotopic (exact) mass is 284 g/mol. The van der Waals surface area contributed by atoms with Gasteiger partial charge in [-0.1, -0.05) is 0 Å². The third-order valence-corrected chi connectivity index (χ3v) is 3.42. The number of hydrogen-bond acceptors (Lipinski definition) is 4. The fourth-order valence-electron chi connectivity index (χ4n) is 2.09. The molecular weight excluding hydrogens is 268 g/mol. The van der Waals surface area contributed by atoms with Crippen molar-refractivity contribution in [1.29, 1.82) is 0 Å². The van der Waals surface area contributed by atoms with Gasteiger partial charge in [0.1, 0.15) is 13.2 Å². The maximum absolute atomic E-state index is 12.3. The Balaban J connectivity index is 0.00000133. The molecule has 0 unspecified atom stereocenters. The molecule has 0 aromatic heterocycles. The van der Waals surface area contributed by atoms with Crippen molar-refractivity contribution >= 4 is 18.3 Å². The van der Waals surface area contributed by atoms with E-state index in [0.717, 1.165) is 13.1 Å². The van der Waals surface area contributed by atoms with Crippen molar-refractivity contribution in [2.45, 2.75) is 6.04 Å². The van der Waals surface area contributed by atoms with Crippen LogP contribution in [0.25, 0.3) is 0 Å². The Bertz CT molecular complexity index is 477. The number of amides is 1. The molecule has 1 aromatic carbocycles. The topological polar surface area (TPSA) is 50.8 Å². The maximum Gasteiger partial charge on any atom is 0.254 e. The van der Waals surface area contributed by atoms with Crippen LogP contribution in [0, 0.1) is 0 Å². The highest BCUT2D eigenvalue weighted by atomic mass is 35.5. The van der Waals surface area contributed by atoms with E-state index in [-0.39, 0.29) is 18.3 Å². The van der Waals surface area contributed by atoms with Gasteiger partial charge in [-0.05, 0) is 18.2 Å². The van der Waals surface area contributed by atoms with E-state index < -0.39 is 0 Å². The van der Waals surface area contributed by atoms with Crippen molar-refractivity contribution in [3.05, 3.63) is 23.8 Å². The van der Waals surface area contributed by atoms with Crippen LogP contribution in [-0.4, -0.2) is 50.2 Å². The molecule has 0 aliphatic carbocycles. The molecule has 1 saturated heterocycles. The molecule has 1 amide bonds. The Labute approximate surface area is 118 Å². The number of carbonyl (C=O) groups is 1. The fraction of sp³-hybridized carbons (Fsp3) is 0.462. The molecule has 19 heavy (non-hydrogen) atoms. The molecule has 104 valence electrons. The summed E-state index contributed by atoms with van der Waals surface area (Å²) < 4.78 is 10.9. The summed E-state index contributed by atoms with van der Waals surface area (Å²) in [4.78, 5) is 14.0. The van der Waals surface area contributed by atoms with Gasteiger partial charge in [0.15, 0.2) is 11.5 Å². The zero-order valence-corrected chi connectivity index (χ0v) is 11.5. The van der Waals surface area contributed by atoms with Crippen molar-refractivity contribution in [1.82, 2.24) is 10.2 Å². The highest BCUT2D eigenvalue weighted by molar-refractivity contribution is 5.95. The van der Waals surface area contributed by atoms with Gasteiger partial charge < -0.3 is 19.7 Å². The van der Waals surface area contributed by atoms with Crippen molar-refractivity contribution in [2.24, 2.45) is 0 Å². The summed E-state index contributed by atoms with van der Waals surface area (Å²) in [6.45, 7) is 2.83. The first-order chi connectivity index (χ1) is 8.75. The second-order valence-corrected chi connectivity index (χ2v) is 4.59. The van der Waals surface area contributed by atoms with Gasteiger partial charge in [-0.2, -0.15) is 0 Å². The number of fused-ring (bicyclic) bond motifs is 1. The van der Waals surface area contributed by atoms with Crippen LogP contribution in [0.1, 0.15) is 10.4 Å². The summed E-state index contributed by atoms with van der Waals surface area (Å²) in [6.07, 6.45) is 0. The highest BCUT2D eigenvalue weighted by Crippen LogP contribution is 2.31. The largest absolute Gasteiger partial charge is 0.486 e. The van der Waals surface area contributed by atoms with Crippen molar-refractivity contribution < 1.29 is 14.3 Å². The molecule has 2 aliphatic rings. The summed E-state index contributed by atoms with van der Waals surface area (Å²) in [6, 6.07) is 5.65. The number of benzene rings is 1. The number of ether oxygens (including phenoxy) is 2. The van der Waals surface area contributed by atoms with Gasteiger partial charge in [-0.15, -0.1) is 12.4 Å². The van der Waals surface area contributed by atoms with E-state index in [0.29, 0.717) is 36.3 Å². The second kappa shape index (κ2) is 5.67. The molecule has 2 heterocycles. The quantitative estimate of drug-likeness (QED) is 0.878. The molecule has 0 saturated carbocycles. The lowest BCUT2D eigenvalue weighted by atomic mass is 10.1. The SMILES string of the molecule is CN(C(=O)c1ccc2c(c1)OCCO2)C1CNC1.Cl. The van der Waals surface area contributed by atoms with Gasteiger partial charge in [0, 0.05) is 25.7 Å². The van der Waals surface area contributed by atoms with Crippen LogP contribution in [0.5, 0.6) is 11.5 Å². The molecule has 1 fully saturated rings. The van der Waals surface area contributed by atoms with Crippen LogP contribution in [0.2, 0.25) is 0 Å². The summed E-state index contributed by atoms with van der Waals surface area (Å²) in [7, 11) is 1.84. The van der Waals surface area contributed by atoms with Crippen LogP contribution in [0.3, 0.4) is 0 Å². The second-order valence-electron chi connectivity index (χ2n) is 4.59. The standard InChI is InChI=1S/C13H16N2O3.ClH/c1-15(10-7-14-8-10)13(16)9-2-3-11-12(6-9)18-5-4-17-11;/h2-3,6,10,14H,4-5,7-8H2,1H3;1H. The minimum Gasteiger partial charge on any atom is -0.486 e. The minimum absolute atomic E-state index is 0. The van der Waals surface area contributed by atoms with E-state index in [9.17, 15) is 4.79 Å². The van der Waals surface area contributed by atoms with Crippen molar-refractivity contribution in [3.8, 4) is 11.5 Å². The number of hydrogen-bond donors (Lipinski definition) is 1. The van der Waals surface area contributed by atoms with Gasteiger partial charge in [0.2, 0.25) is 0 Å². The Morgan fingerprint density at radius 2 is 1.95 bits per heavy atom. The summed E-state index contributed by atoms with van der Waals surface area (Å²) in [5.41, 5.74) is 0.647. The molecule has 5 nitrogen and oxygen atoms in total. The van der Waals surface area contributed by atoms with Crippen LogP contribution in [-0.2, 0) is 0 Å². The number of carbonyl (C=O) groups excluding carboxylic acids is 1. The zero-order valence-electron chi connectivity index (χ0n) is 10.7. The molecule has 1 N–H and O–H groups in total. The molecule has 0 radical (unpaired) electrons. The van der Waals surface area contributed by atoms with Gasteiger partial charge in [0.25, 0.3) is 5.91 Å². The Kier molecular flexibility index (Phi) is 4.17. The first kappa shape index (κ1) is 14.0. The van der Waals surface area contributed by atoms with Gasteiger partial charge in [0.05, 0.1) is 6.04 Å². The molecule has 0 spiro atoms. The molecular formula is C13H17ClN2O3. The lowest BCUT2D eigenvalue weighted by Crippen LogP contribution is -2.57. The molecule has 6 heteroatoms. The number of nitrogens with zero attached hydrogens (tertiary/aromatic N) is 1. The first-order valence-corrected chi connectivity index (χ1v) is 6.13. The molecule has 1 aromatic rings.